The van der Waals surface area contributed by atoms with E-state index in [1.165, 1.54) is 6.07 Å². The number of nitriles is 1. The number of Topliss-reactive ketones (excluding diaryl/α,β-unsaturated/α-hetero) is 1. The molecule has 16 heavy (non-hydrogen) atoms. The summed E-state index contributed by atoms with van der Waals surface area (Å²) in [6.07, 6.45) is -4.75. The lowest BCUT2D eigenvalue weighted by molar-refractivity contribution is -0.137. The molecule has 1 aromatic carbocycles. The number of halogens is 4. The summed E-state index contributed by atoms with van der Waals surface area (Å²) in [6.45, 7) is 0.979. The van der Waals surface area contributed by atoms with Crippen molar-refractivity contribution in [2.24, 2.45) is 0 Å². The highest BCUT2D eigenvalue weighted by atomic mass is 19.4. The maximum atomic E-state index is 13.2. The lowest BCUT2D eigenvalue weighted by Gasteiger charge is -2.09. The van der Waals surface area contributed by atoms with Gasteiger partial charge in [0.15, 0.2) is 5.78 Å². The van der Waals surface area contributed by atoms with Crippen LogP contribution in [0.25, 0.3) is 0 Å². The SMILES string of the molecule is CC(=O)c1c(F)cc(C(F)(F)F)cc1C#N. The third kappa shape index (κ3) is 2.19. The summed E-state index contributed by atoms with van der Waals surface area (Å²) in [5.41, 5.74) is -2.51. The van der Waals surface area contributed by atoms with Gasteiger partial charge in [-0.2, -0.15) is 18.4 Å². The Bertz CT molecular complexity index is 485. The van der Waals surface area contributed by atoms with E-state index in [4.69, 9.17) is 5.26 Å². The van der Waals surface area contributed by atoms with Crippen molar-refractivity contribution in [3.8, 4) is 6.07 Å². The van der Waals surface area contributed by atoms with Gasteiger partial charge >= 0.3 is 6.18 Å². The Morgan fingerprint density at radius 1 is 1.38 bits per heavy atom. The molecule has 0 bridgehead atoms. The minimum absolute atomic E-state index is 0.206. The third-order valence-corrected chi connectivity index (χ3v) is 1.89. The molecule has 0 radical (unpaired) electrons. The predicted molar refractivity (Wildman–Crippen MR) is 46.1 cm³/mol. The van der Waals surface area contributed by atoms with Crippen molar-refractivity contribution in [1.29, 1.82) is 5.26 Å². The molecule has 0 atom stereocenters. The molecule has 0 fully saturated rings. The van der Waals surface area contributed by atoms with Crippen LogP contribution in [0.4, 0.5) is 17.6 Å². The molecule has 84 valence electrons. The van der Waals surface area contributed by atoms with Crippen molar-refractivity contribution in [2.75, 3.05) is 0 Å². The monoisotopic (exact) mass is 231 g/mol. The number of carbonyl (C=O) groups is 1. The molecular weight excluding hydrogens is 226 g/mol. The van der Waals surface area contributed by atoms with Gasteiger partial charge < -0.3 is 0 Å². The molecule has 0 aliphatic rings. The summed E-state index contributed by atoms with van der Waals surface area (Å²) in [7, 11) is 0. The molecule has 0 aliphatic carbocycles. The van der Waals surface area contributed by atoms with Crippen molar-refractivity contribution in [2.45, 2.75) is 13.1 Å². The lowest BCUT2D eigenvalue weighted by Crippen LogP contribution is -2.10. The van der Waals surface area contributed by atoms with E-state index in [1.54, 1.807) is 0 Å². The maximum Gasteiger partial charge on any atom is 0.416 e. The number of alkyl halides is 3. The van der Waals surface area contributed by atoms with Gasteiger partial charge in [-0.15, -0.1) is 0 Å². The van der Waals surface area contributed by atoms with Crippen LogP contribution in [0, 0.1) is 17.1 Å². The molecule has 0 saturated carbocycles. The molecule has 0 amide bonds. The van der Waals surface area contributed by atoms with Gasteiger partial charge in [-0.05, 0) is 19.1 Å². The first-order chi connectivity index (χ1) is 7.27. The van der Waals surface area contributed by atoms with Gasteiger partial charge in [-0.1, -0.05) is 0 Å². The summed E-state index contributed by atoms with van der Waals surface area (Å²) in [5.74, 6) is -2.12. The fraction of sp³-hybridized carbons (Fsp3) is 0.200. The summed E-state index contributed by atoms with van der Waals surface area (Å²) in [4.78, 5) is 10.9. The first-order valence-corrected chi connectivity index (χ1v) is 4.09. The van der Waals surface area contributed by atoms with Crippen molar-refractivity contribution in [3.05, 3.63) is 34.6 Å². The van der Waals surface area contributed by atoms with Gasteiger partial charge in [-0.25, -0.2) is 4.39 Å². The Kier molecular flexibility index (Phi) is 2.99. The fourth-order valence-electron chi connectivity index (χ4n) is 1.22. The molecule has 0 N–H and O–H groups in total. The van der Waals surface area contributed by atoms with Crippen LogP contribution in [0.1, 0.15) is 28.4 Å². The molecule has 0 spiro atoms. The first kappa shape index (κ1) is 12.2. The van der Waals surface area contributed by atoms with E-state index in [0.29, 0.717) is 6.07 Å². The Balaban J connectivity index is 3.52. The van der Waals surface area contributed by atoms with Gasteiger partial charge in [0.2, 0.25) is 0 Å². The van der Waals surface area contributed by atoms with Crippen molar-refractivity contribution < 1.29 is 22.4 Å². The van der Waals surface area contributed by atoms with Crippen molar-refractivity contribution in [3.63, 3.8) is 0 Å². The maximum absolute atomic E-state index is 13.2. The average molecular weight is 231 g/mol. The molecule has 1 rings (SSSR count). The fourth-order valence-corrected chi connectivity index (χ4v) is 1.22. The topological polar surface area (TPSA) is 40.9 Å². The van der Waals surface area contributed by atoms with Crippen LogP contribution in [0.5, 0.6) is 0 Å². The minimum atomic E-state index is -4.75. The Morgan fingerprint density at radius 3 is 2.31 bits per heavy atom. The van der Waals surface area contributed by atoms with Gasteiger partial charge in [-0.3, -0.25) is 4.79 Å². The zero-order valence-electron chi connectivity index (χ0n) is 8.02. The second-order valence-corrected chi connectivity index (χ2v) is 3.05. The Morgan fingerprint density at radius 2 is 1.94 bits per heavy atom. The number of nitrogens with zero attached hydrogens (tertiary/aromatic N) is 1. The first-order valence-electron chi connectivity index (χ1n) is 4.09. The highest BCUT2D eigenvalue weighted by Crippen LogP contribution is 2.31. The van der Waals surface area contributed by atoms with E-state index in [2.05, 4.69) is 0 Å². The number of ketones is 1. The van der Waals surface area contributed by atoms with E-state index in [-0.39, 0.29) is 6.07 Å². The summed E-state index contributed by atoms with van der Waals surface area (Å²) >= 11 is 0. The lowest BCUT2D eigenvalue weighted by atomic mass is 10.0. The van der Waals surface area contributed by atoms with Crippen molar-refractivity contribution >= 4 is 5.78 Å². The summed E-state index contributed by atoms with van der Waals surface area (Å²) in [5, 5.41) is 8.55. The van der Waals surface area contributed by atoms with Crippen molar-refractivity contribution in [1.82, 2.24) is 0 Å². The zero-order chi connectivity index (χ0) is 12.5. The van der Waals surface area contributed by atoms with Crippen LogP contribution in [-0.2, 0) is 6.18 Å². The predicted octanol–water partition coefficient (Wildman–Crippen LogP) is 2.92. The molecular formula is C10H5F4NO. The van der Waals surface area contributed by atoms with Crippen LogP contribution in [0.15, 0.2) is 12.1 Å². The van der Waals surface area contributed by atoms with E-state index in [9.17, 15) is 22.4 Å². The van der Waals surface area contributed by atoms with Crippen LogP contribution in [-0.4, -0.2) is 5.78 Å². The molecule has 0 heterocycles. The smallest absolute Gasteiger partial charge is 0.294 e. The largest absolute Gasteiger partial charge is 0.416 e. The summed E-state index contributed by atoms with van der Waals surface area (Å²) < 4.78 is 50.0. The Labute approximate surface area is 88.1 Å². The molecule has 6 heteroatoms. The number of rotatable bonds is 1. The quantitative estimate of drug-likeness (QED) is 0.550. The molecule has 0 saturated heterocycles. The van der Waals surface area contributed by atoms with Gasteiger partial charge in [0, 0.05) is 0 Å². The molecule has 2 nitrogen and oxygen atoms in total. The number of carbonyl (C=O) groups excluding carboxylic acids is 1. The number of hydrogen-bond donors (Lipinski definition) is 0. The standard InChI is InChI=1S/C10H5F4NO/c1-5(16)9-6(4-15)2-7(3-8(9)11)10(12,13)14/h2-3H,1H3. The molecule has 0 unspecified atom stereocenters. The molecule has 1 aromatic rings. The van der Waals surface area contributed by atoms with Crippen LogP contribution < -0.4 is 0 Å². The average Bonchev–Trinajstić information content (AvgIpc) is 2.14. The minimum Gasteiger partial charge on any atom is -0.294 e. The Hall–Kier alpha value is -1.90. The molecule has 0 aromatic heterocycles. The van der Waals surface area contributed by atoms with Gasteiger partial charge in [0.05, 0.1) is 16.7 Å². The highest BCUT2D eigenvalue weighted by molar-refractivity contribution is 5.96. The van der Waals surface area contributed by atoms with E-state index >= 15 is 0 Å². The van der Waals surface area contributed by atoms with Gasteiger partial charge in [0.1, 0.15) is 11.9 Å². The summed E-state index contributed by atoms with van der Waals surface area (Å²) in [6, 6.07) is 2.03. The highest BCUT2D eigenvalue weighted by Gasteiger charge is 2.32. The van der Waals surface area contributed by atoms with Crippen LogP contribution in [0.2, 0.25) is 0 Å². The van der Waals surface area contributed by atoms with E-state index < -0.39 is 34.5 Å². The van der Waals surface area contributed by atoms with Crippen LogP contribution >= 0.6 is 0 Å². The number of benzene rings is 1. The van der Waals surface area contributed by atoms with Gasteiger partial charge in [0.25, 0.3) is 0 Å². The van der Waals surface area contributed by atoms with E-state index in [1.807, 2.05) is 0 Å². The second kappa shape index (κ2) is 3.93. The number of hydrogen-bond acceptors (Lipinski definition) is 2. The van der Waals surface area contributed by atoms with Crippen LogP contribution in [0.3, 0.4) is 0 Å². The zero-order valence-corrected chi connectivity index (χ0v) is 8.02. The normalized spacial score (nSPS) is 11.0. The third-order valence-electron chi connectivity index (χ3n) is 1.89. The second-order valence-electron chi connectivity index (χ2n) is 3.05. The molecule has 0 aliphatic heterocycles. The van der Waals surface area contributed by atoms with E-state index in [0.717, 1.165) is 6.92 Å².